The molecule has 7 nitrogen and oxygen atoms in total. The van der Waals surface area contributed by atoms with Crippen LogP contribution in [0, 0.1) is 17.3 Å². The first-order valence-electron chi connectivity index (χ1n) is 11.6. The van der Waals surface area contributed by atoms with Crippen LogP contribution in [-0.4, -0.2) is 40.2 Å². The molecule has 0 spiro atoms. The van der Waals surface area contributed by atoms with Gasteiger partial charge in [0.2, 0.25) is 18.6 Å². The van der Waals surface area contributed by atoms with E-state index in [1.54, 1.807) is 12.1 Å². The third-order valence-corrected chi connectivity index (χ3v) is 7.34. The molecule has 2 aromatic carbocycles. The summed E-state index contributed by atoms with van der Waals surface area (Å²) in [6.07, 6.45) is 3.86. The van der Waals surface area contributed by atoms with E-state index in [9.17, 15) is 14.4 Å². The van der Waals surface area contributed by atoms with Crippen LogP contribution in [0.3, 0.4) is 0 Å². The maximum Gasteiger partial charge on any atom is 0.236 e. The molecule has 174 valence electrons. The number of nitrogens with zero attached hydrogens (tertiary/aromatic N) is 2. The van der Waals surface area contributed by atoms with Crippen molar-refractivity contribution in [1.82, 2.24) is 9.80 Å². The van der Waals surface area contributed by atoms with Crippen molar-refractivity contribution in [3.8, 4) is 11.5 Å². The highest BCUT2D eigenvalue weighted by Crippen LogP contribution is 2.53. The zero-order valence-corrected chi connectivity index (χ0v) is 19.4. The summed E-state index contributed by atoms with van der Waals surface area (Å²) in [6.45, 7) is 5.90. The fourth-order valence-corrected chi connectivity index (χ4v) is 5.74. The van der Waals surface area contributed by atoms with E-state index in [0.29, 0.717) is 11.5 Å². The number of ketones is 1. The minimum absolute atomic E-state index is 0.0277. The van der Waals surface area contributed by atoms with Crippen LogP contribution in [0.1, 0.15) is 43.5 Å². The number of ether oxygens (including phenoxy) is 2. The van der Waals surface area contributed by atoms with E-state index in [-0.39, 0.29) is 37.0 Å². The first kappa shape index (κ1) is 21.0. The van der Waals surface area contributed by atoms with Gasteiger partial charge in [-0.15, -0.1) is 0 Å². The molecule has 2 saturated heterocycles. The Kier molecular flexibility index (Phi) is 4.43. The molecule has 0 saturated carbocycles. The van der Waals surface area contributed by atoms with Crippen LogP contribution in [-0.2, 0) is 20.9 Å². The van der Waals surface area contributed by atoms with Crippen molar-refractivity contribution in [2.24, 2.45) is 17.3 Å². The first-order valence-corrected chi connectivity index (χ1v) is 11.6. The first-order chi connectivity index (χ1) is 16.3. The van der Waals surface area contributed by atoms with Crippen LogP contribution in [0.2, 0.25) is 0 Å². The van der Waals surface area contributed by atoms with Gasteiger partial charge < -0.3 is 14.4 Å². The standard InChI is InChI=1S/C27H26N2O5/c1-27(2,3)24(30)23-21-20(22-17-7-5-4-6-16(17)10-11-28(22)23)25(31)29(26(21)32)13-15-8-9-18-19(12-15)34-14-33-18/h4-12,20-23H,13-14H2,1-3H3/t20-,21+,22+,23-/m0/s1. The van der Waals surface area contributed by atoms with Gasteiger partial charge in [-0.3, -0.25) is 19.3 Å². The molecule has 2 amide bonds. The van der Waals surface area contributed by atoms with Crippen molar-refractivity contribution in [1.29, 1.82) is 0 Å². The second-order valence-electron chi connectivity index (χ2n) is 10.4. The lowest BCUT2D eigenvalue weighted by Gasteiger charge is -2.37. The number of Topliss-reactive ketones (excluding diaryl/α,β-unsaturated/α-hetero) is 1. The van der Waals surface area contributed by atoms with Gasteiger partial charge >= 0.3 is 0 Å². The number of hydrogen-bond acceptors (Lipinski definition) is 6. The molecule has 0 radical (unpaired) electrons. The number of likely N-dealkylation sites (tertiary alicyclic amines) is 1. The summed E-state index contributed by atoms with van der Waals surface area (Å²) in [5, 5.41) is 0. The second kappa shape index (κ2) is 7.19. The van der Waals surface area contributed by atoms with Crippen LogP contribution >= 0.6 is 0 Å². The molecule has 0 N–H and O–H groups in total. The summed E-state index contributed by atoms with van der Waals surface area (Å²) < 4.78 is 10.8. The highest BCUT2D eigenvalue weighted by Gasteiger charge is 2.64. The molecule has 0 aliphatic carbocycles. The van der Waals surface area contributed by atoms with Crippen LogP contribution in [0.5, 0.6) is 11.5 Å². The van der Waals surface area contributed by atoms with Crippen molar-refractivity contribution in [3.05, 3.63) is 65.4 Å². The number of carbonyl (C=O) groups excluding carboxylic acids is 3. The molecule has 4 aliphatic heterocycles. The summed E-state index contributed by atoms with van der Waals surface area (Å²) in [4.78, 5) is 44.5. The van der Waals surface area contributed by atoms with Gasteiger partial charge in [0.1, 0.15) is 6.04 Å². The third-order valence-electron chi connectivity index (χ3n) is 7.34. The zero-order chi connectivity index (χ0) is 23.8. The Hall–Kier alpha value is -3.61. The van der Waals surface area contributed by atoms with Crippen molar-refractivity contribution in [3.63, 3.8) is 0 Å². The van der Waals surface area contributed by atoms with Gasteiger partial charge in [0.15, 0.2) is 17.3 Å². The van der Waals surface area contributed by atoms with Gasteiger partial charge in [0, 0.05) is 11.6 Å². The van der Waals surface area contributed by atoms with E-state index in [1.165, 1.54) is 4.90 Å². The summed E-state index contributed by atoms with van der Waals surface area (Å²) in [5.41, 5.74) is 2.13. The fraction of sp³-hybridized carbons (Fsp3) is 0.370. The lowest BCUT2D eigenvalue weighted by molar-refractivity contribution is -0.144. The molecule has 4 aliphatic rings. The molecule has 4 atom stereocenters. The van der Waals surface area contributed by atoms with E-state index < -0.39 is 23.3 Å². The molecule has 7 heteroatoms. The molecule has 34 heavy (non-hydrogen) atoms. The minimum atomic E-state index is -0.714. The normalized spacial score (nSPS) is 26.6. The van der Waals surface area contributed by atoms with E-state index in [1.807, 2.05) is 68.3 Å². The van der Waals surface area contributed by atoms with E-state index in [2.05, 4.69) is 0 Å². The number of carbonyl (C=O) groups is 3. The van der Waals surface area contributed by atoms with Crippen molar-refractivity contribution in [2.45, 2.75) is 39.4 Å². The maximum atomic E-state index is 13.8. The highest BCUT2D eigenvalue weighted by molar-refractivity contribution is 6.09. The van der Waals surface area contributed by atoms with Crippen LogP contribution < -0.4 is 9.47 Å². The molecule has 0 unspecified atom stereocenters. The summed E-state index contributed by atoms with van der Waals surface area (Å²) in [6, 6.07) is 12.3. The monoisotopic (exact) mass is 458 g/mol. The van der Waals surface area contributed by atoms with Gasteiger partial charge in [-0.25, -0.2) is 0 Å². The zero-order valence-electron chi connectivity index (χ0n) is 19.4. The number of hydrogen-bond donors (Lipinski definition) is 0. The van der Waals surface area contributed by atoms with Gasteiger partial charge in [-0.05, 0) is 34.9 Å². The summed E-state index contributed by atoms with van der Waals surface area (Å²) >= 11 is 0. The summed E-state index contributed by atoms with van der Waals surface area (Å²) in [5.74, 6) is -0.600. The quantitative estimate of drug-likeness (QED) is 0.655. The number of imide groups is 1. The molecule has 2 fully saturated rings. The Morgan fingerprint density at radius 1 is 1.00 bits per heavy atom. The molecule has 6 rings (SSSR count). The summed E-state index contributed by atoms with van der Waals surface area (Å²) in [7, 11) is 0. The van der Waals surface area contributed by atoms with Crippen LogP contribution in [0.4, 0.5) is 0 Å². The van der Waals surface area contributed by atoms with Gasteiger partial charge in [0.05, 0.1) is 24.4 Å². The molecule has 4 heterocycles. The van der Waals surface area contributed by atoms with E-state index in [0.717, 1.165) is 16.7 Å². The average Bonchev–Trinajstić information content (AvgIpc) is 3.48. The van der Waals surface area contributed by atoms with Crippen molar-refractivity contribution in [2.75, 3.05) is 6.79 Å². The second-order valence-corrected chi connectivity index (χ2v) is 10.4. The number of fused-ring (bicyclic) bond motifs is 6. The number of amides is 2. The average molecular weight is 459 g/mol. The Morgan fingerprint density at radius 2 is 1.74 bits per heavy atom. The van der Waals surface area contributed by atoms with Gasteiger partial charge in [-0.1, -0.05) is 51.1 Å². The van der Waals surface area contributed by atoms with Gasteiger partial charge in [0.25, 0.3) is 0 Å². The smallest absolute Gasteiger partial charge is 0.236 e. The Bertz CT molecular complexity index is 1260. The molecular formula is C27H26N2O5. The van der Waals surface area contributed by atoms with Crippen LogP contribution in [0.25, 0.3) is 6.08 Å². The predicted octanol–water partition coefficient (Wildman–Crippen LogP) is 3.54. The lowest BCUT2D eigenvalue weighted by Crippen LogP contribution is -2.47. The number of benzene rings is 2. The Labute approximate surface area is 197 Å². The van der Waals surface area contributed by atoms with Crippen molar-refractivity contribution < 1.29 is 23.9 Å². The lowest BCUT2D eigenvalue weighted by atomic mass is 9.79. The van der Waals surface area contributed by atoms with Crippen LogP contribution in [0.15, 0.2) is 48.7 Å². The van der Waals surface area contributed by atoms with E-state index in [4.69, 9.17) is 9.47 Å². The van der Waals surface area contributed by atoms with Gasteiger partial charge in [-0.2, -0.15) is 0 Å². The highest BCUT2D eigenvalue weighted by atomic mass is 16.7. The van der Waals surface area contributed by atoms with E-state index >= 15 is 0 Å². The predicted molar refractivity (Wildman–Crippen MR) is 123 cm³/mol. The van der Waals surface area contributed by atoms with Crippen molar-refractivity contribution >= 4 is 23.7 Å². The third kappa shape index (κ3) is 2.92. The largest absolute Gasteiger partial charge is 0.454 e. The molecule has 0 bridgehead atoms. The topological polar surface area (TPSA) is 76.1 Å². The molecule has 0 aromatic heterocycles. The number of rotatable bonds is 3. The fourth-order valence-electron chi connectivity index (χ4n) is 5.74. The Balaban J connectivity index is 1.41. The minimum Gasteiger partial charge on any atom is -0.454 e. The maximum absolute atomic E-state index is 13.8. The molecular weight excluding hydrogens is 432 g/mol. The SMILES string of the molecule is CC(C)(C)C(=O)[C@@H]1[C@@H]2C(=O)N(Cc3ccc4c(c3)OCO4)C(=O)[C@@H]2[C@H]2c3ccccc3C=CN12. The Morgan fingerprint density at radius 3 is 2.53 bits per heavy atom. The molecule has 2 aromatic rings.